The molecule has 0 aliphatic rings. The quantitative estimate of drug-likeness (QED) is 0.559. The third-order valence-corrected chi connectivity index (χ3v) is 6.22. The predicted octanol–water partition coefficient (Wildman–Crippen LogP) is 5.61. The Morgan fingerprint density at radius 1 is 1.40 bits per heavy atom. The average Bonchev–Trinajstić information content (AvgIpc) is 2.75. The van der Waals surface area contributed by atoms with Crippen molar-refractivity contribution in [1.82, 2.24) is 9.97 Å². The van der Waals surface area contributed by atoms with Crippen LogP contribution in [-0.4, -0.2) is 16.5 Å². The van der Waals surface area contributed by atoms with Crippen LogP contribution in [0.4, 0.5) is 5.82 Å². The van der Waals surface area contributed by atoms with Crippen LogP contribution in [0.2, 0.25) is 4.34 Å². The molecular weight excluding hydrogens is 472 g/mol. The summed E-state index contributed by atoms with van der Waals surface area (Å²) in [5, 5.41) is 3.31. The largest absolute Gasteiger partial charge is 0.369 e. The van der Waals surface area contributed by atoms with E-state index in [0.717, 1.165) is 54.0 Å². The van der Waals surface area contributed by atoms with E-state index in [0.29, 0.717) is 0 Å². The fourth-order valence-corrected chi connectivity index (χ4v) is 4.09. The number of hydrogen-bond acceptors (Lipinski definition) is 4. The zero-order chi connectivity index (χ0) is 14.7. The van der Waals surface area contributed by atoms with Crippen molar-refractivity contribution >= 4 is 67.3 Å². The van der Waals surface area contributed by atoms with Crippen LogP contribution >= 0.6 is 61.5 Å². The van der Waals surface area contributed by atoms with Gasteiger partial charge in [-0.3, -0.25) is 0 Å². The van der Waals surface area contributed by atoms with Crippen LogP contribution in [-0.2, 0) is 6.42 Å². The first-order valence-corrected chi connectivity index (χ1v) is 9.38. The van der Waals surface area contributed by atoms with E-state index in [1.807, 2.05) is 6.07 Å². The Morgan fingerprint density at radius 3 is 2.70 bits per heavy atom. The van der Waals surface area contributed by atoms with E-state index in [2.05, 4.69) is 62.7 Å². The summed E-state index contributed by atoms with van der Waals surface area (Å²) in [4.78, 5) is 10.3. The summed E-state index contributed by atoms with van der Waals surface area (Å²) in [6.07, 6.45) is 2.01. The third-order valence-electron chi connectivity index (χ3n) is 2.62. The Labute approximate surface area is 149 Å². The summed E-state index contributed by atoms with van der Waals surface area (Å²) < 4.78 is 2.73. The molecule has 2 rings (SSSR count). The van der Waals surface area contributed by atoms with Crippen LogP contribution in [0.15, 0.2) is 10.5 Å². The fraction of sp³-hybridized carbons (Fsp3) is 0.385. The minimum Gasteiger partial charge on any atom is -0.369 e. The zero-order valence-corrected chi connectivity index (χ0v) is 16.5. The second-order valence-corrected chi connectivity index (χ2v) is 7.76. The molecule has 108 valence electrons. The van der Waals surface area contributed by atoms with Crippen LogP contribution in [0.5, 0.6) is 0 Å². The van der Waals surface area contributed by atoms with E-state index >= 15 is 0 Å². The molecule has 0 bridgehead atoms. The molecule has 0 atom stereocenters. The van der Waals surface area contributed by atoms with Crippen molar-refractivity contribution in [3.05, 3.63) is 24.1 Å². The average molecular weight is 487 g/mol. The van der Waals surface area contributed by atoms with E-state index in [1.54, 1.807) is 0 Å². The van der Waals surface area contributed by atoms with Gasteiger partial charge in [0, 0.05) is 11.0 Å². The van der Waals surface area contributed by atoms with Crippen LogP contribution in [0.1, 0.15) is 26.0 Å². The molecule has 2 aromatic rings. The van der Waals surface area contributed by atoms with E-state index in [-0.39, 0.29) is 0 Å². The molecule has 0 saturated heterocycles. The van der Waals surface area contributed by atoms with Crippen molar-refractivity contribution in [3.8, 4) is 10.7 Å². The fourth-order valence-electron chi connectivity index (χ4n) is 1.75. The van der Waals surface area contributed by atoms with Gasteiger partial charge in [-0.15, -0.1) is 11.3 Å². The monoisotopic (exact) mass is 485 g/mol. The van der Waals surface area contributed by atoms with Crippen molar-refractivity contribution in [3.63, 3.8) is 0 Å². The Bertz CT molecular complexity index is 571. The Hall–Kier alpha value is 0.0800. The lowest BCUT2D eigenvalue weighted by molar-refractivity contribution is 0.867. The number of aromatic nitrogens is 2. The van der Waals surface area contributed by atoms with Crippen LogP contribution in [0, 0.1) is 3.57 Å². The lowest BCUT2D eigenvalue weighted by Gasteiger charge is -2.11. The molecule has 0 fully saturated rings. The van der Waals surface area contributed by atoms with Crippen molar-refractivity contribution in [2.45, 2.75) is 26.7 Å². The highest BCUT2D eigenvalue weighted by molar-refractivity contribution is 14.1. The summed E-state index contributed by atoms with van der Waals surface area (Å²) in [7, 11) is 0. The highest BCUT2D eigenvalue weighted by Crippen LogP contribution is 2.37. The number of anilines is 1. The maximum atomic E-state index is 6.11. The second-order valence-electron chi connectivity index (χ2n) is 4.17. The molecule has 7 heteroatoms. The molecule has 3 nitrogen and oxygen atoms in total. The topological polar surface area (TPSA) is 37.8 Å². The summed E-state index contributed by atoms with van der Waals surface area (Å²) in [6, 6.07) is 1.97. The zero-order valence-electron chi connectivity index (χ0n) is 11.1. The standard InChI is InChI=1S/C13H14BrClIN3S/c1-3-5-8-10(16)13(17-4-2)19-12(18-8)9-6-7(14)11(15)20-9/h6H,3-5H2,1-2H3,(H,17,18,19). The van der Waals surface area contributed by atoms with Crippen LogP contribution in [0.25, 0.3) is 10.7 Å². The number of hydrogen-bond donors (Lipinski definition) is 1. The van der Waals surface area contributed by atoms with Crippen LogP contribution < -0.4 is 5.32 Å². The van der Waals surface area contributed by atoms with Gasteiger partial charge in [0.25, 0.3) is 0 Å². The molecule has 0 radical (unpaired) electrons. The molecule has 20 heavy (non-hydrogen) atoms. The molecular formula is C13H14BrClIN3S. The molecule has 0 aliphatic heterocycles. The van der Waals surface area contributed by atoms with E-state index in [9.17, 15) is 0 Å². The molecule has 0 aliphatic carbocycles. The van der Waals surface area contributed by atoms with Gasteiger partial charge in [0.15, 0.2) is 5.82 Å². The van der Waals surface area contributed by atoms with Gasteiger partial charge in [0.1, 0.15) is 10.2 Å². The summed E-state index contributed by atoms with van der Waals surface area (Å²) in [5.41, 5.74) is 1.09. The first kappa shape index (κ1) is 16.5. The molecule has 0 amide bonds. The Morgan fingerprint density at radius 2 is 2.15 bits per heavy atom. The summed E-state index contributed by atoms with van der Waals surface area (Å²) in [5.74, 6) is 1.64. The first-order chi connectivity index (χ1) is 9.56. The maximum Gasteiger partial charge on any atom is 0.172 e. The molecule has 0 unspecified atom stereocenters. The minimum atomic E-state index is 0.726. The molecule has 0 aromatic carbocycles. The third kappa shape index (κ3) is 3.64. The van der Waals surface area contributed by atoms with Crippen molar-refractivity contribution in [1.29, 1.82) is 0 Å². The number of halogens is 3. The van der Waals surface area contributed by atoms with Gasteiger partial charge >= 0.3 is 0 Å². The smallest absolute Gasteiger partial charge is 0.172 e. The summed E-state index contributed by atoms with van der Waals surface area (Å²) in [6.45, 7) is 5.06. The molecule has 2 heterocycles. The lowest BCUT2D eigenvalue weighted by atomic mass is 10.2. The van der Waals surface area contributed by atoms with Gasteiger partial charge in [-0.2, -0.15) is 0 Å². The maximum absolute atomic E-state index is 6.11. The summed E-state index contributed by atoms with van der Waals surface area (Å²) >= 11 is 13.3. The van der Waals surface area contributed by atoms with E-state index in [1.165, 1.54) is 11.3 Å². The van der Waals surface area contributed by atoms with E-state index in [4.69, 9.17) is 16.6 Å². The van der Waals surface area contributed by atoms with E-state index < -0.39 is 0 Å². The highest BCUT2D eigenvalue weighted by Gasteiger charge is 2.15. The van der Waals surface area contributed by atoms with Gasteiger partial charge in [0.2, 0.25) is 0 Å². The van der Waals surface area contributed by atoms with Crippen molar-refractivity contribution in [2.24, 2.45) is 0 Å². The van der Waals surface area contributed by atoms with Crippen LogP contribution in [0.3, 0.4) is 0 Å². The Kier molecular flexibility index (Phi) is 6.07. The van der Waals surface area contributed by atoms with Crippen molar-refractivity contribution < 1.29 is 0 Å². The molecule has 1 N–H and O–H groups in total. The predicted molar refractivity (Wildman–Crippen MR) is 98.9 cm³/mol. The van der Waals surface area contributed by atoms with Gasteiger partial charge in [0.05, 0.1) is 14.1 Å². The van der Waals surface area contributed by atoms with Crippen molar-refractivity contribution in [2.75, 3.05) is 11.9 Å². The lowest BCUT2D eigenvalue weighted by Crippen LogP contribution is -2.07. The number of aryl methyl sites for hydroxylation is 1. The van der Waals surface area contributed by atoms with Gasteiger partial charge in [-0.25, -0.2) is 9.97 Å². The van der Waals surface area contributed by atoms with Gasteiger partial charge in [-0.1, -0.05) is 24.9 Å². The van der Waals surface area contributed by atoms with Gasteiger partial charge < -0.3 is 5.32 Å². The second kappa shape index (κ2) is 7.38. The SMILES string of the molecule is CCCc1nc(-c2cc(Br)c(Cl)s2)nc(NCC)c1I. The highest BCUT2D eigenvalue weighted by atomic mass is 127. The molecule has 2 aromatic heterocycles. The normalized spacial score (nSPS) is 10.8. The minimum absolute atomic E-state index is 0.726. The first-order valence-electron chi connectivity index (χ1n) is 6.32. The Balaban J connectivity index is 2.52. The van der Waals surface area contributed by atoms with Gasteiger partial charge in [-0.05, 0) is 57.9 Å². The molecule has 0 saturated carbocycles. The number of nitrogens with one attached hydrogen (secondary N) is 1. The molecule has 0 spiro atoms. The number of rotatable bonds is 5. The number of thiophene rings is 1. The number of nitrogens with zero attached hydrogens (tertiary/aromatic N) is 2.